The highest BCUT2D eigenvalue weighted by Gasteiger charge is 2.36. The van der Waals surface area contributed by atoms with Crippen molar-refractivity contribution in [3.8, 4) is 0 Å². The van der Waals surface area contributed by atoms with Crippen molar-refractivity contribution in [2.75, 3.05) is 13.7 Å². The van der Waals surface area contributed by atoms with Gasteiger partial charge in [-0.1, -0.05) is 56.3 Å². The number of benzene rings is 2. The molecule has 176 valence electrons. The Morgan fingerprint density at radius 3 is 2.47 bits per heavy atom. The van der Waals surface area contributed by atoms with Gasteiger partial charge in [0.15, 0.2) is 5.78 Å². The summed E-state index contributed by atoms with van der Waals surface area (Å²) in [4.78, 5) is 27.8. The maximum Gasteiger partial charge on any atom is 0.355 e. The number of hydrogen-bond donors (Lipinski definition) is 0. The van der Waals surface area contributed by atoms with Gasteiger partial charge in [0.1, 0.15) is 17.6 Å². The van der Waals surface area contributed by atoms with Gasteiger partial charge in [-0.25, -0.2) is 9.18 Å². The summed E-state index contributed by atoms with van der Waals surface area (Å²) in [5.41, 5.74) is 4.16. The molecule has 0 amide bonds. The van der Waals surface area contributed by atoms with Crippen LogP contribution in [0.2, 0.25) is 0 Å². The Bertz CT molecular complexity index is 1160. The summed E-state index contributed by atoms with van der Waals surface area (Å²) in [7, 11) is 1.34. The molecule has 2 aromatic carbocycles. The Labute approximate surface area is 199 Å². The quantitative estimate of drug-likeness (QED) is 0.540. The molecule has 4 rings (SSSR count). The van der Waals surface area contributed by atoms with Crippen LogP contribution in [-0.4, -0.2) is 36.4 Å². The lowest BCUT2D eigenvalue weighted by atomic mass is 9.81. The molecule has 1 heterocycles. The van der Waals surface area contributed by atoms with Gasteiger partial charge in [0, 0.05) is 24.7 Å². The number of nitrogens with zero attached hydrogens (tertiary/aromatic N) is 1. The molecule has 1 aliphatic heterocycles. The maximum atomic E-state index is 13.7. The molecular weight excluding hydrogens is 433 g/mol. The van der Waals surface area contributed by atoms with E-state index >= 15 is 0 Å². The molecule has 0 fully saturated rings. The normalized spacial score (nSPS) is 18.0. The number of ether oxygens (including phenoxy) is 2. The lowest BCUT2D eigenvalue weighted by Gasteiger charge is -2.35. The zero-order chi connectivity index (χ0) is 24.2. The highest BCUT2D eigenvalue weighted by atomic mass is 19.1. The van der Waals surface area contributed by atoms with Crippen molar-refractivity contribution < 1.29 is 23.5 Å². The molecule has 0 bridgehead atoms. The van der Waals surface area contributed by atoms with Crippen molar-refractivity contribution in [1.82, 2.24) is 4.90 Å². The standard InChI is InChI=1S/C28H28FNO4/c1-18(2)15-30-16-21-13-24(31)25(34-17-19-7-5-4-6-8-19)14-23(21)26(27(30)28(32)33-3)20-9-11-22(29)12-10-20/h4-12,14,16,18,25H,13,15,17H2,1-3H3. The van der Waals surface area contributed by atoms with Crippen LogP contribution in [0.25, 0.3) is 5.57 Å². The van der Waals surface area contributed by atoms with Gasteiger partial charge in [-0.2, -0.15) is 0 Å². The lowest BCUT2D eigenvalue weighted by Crippen LogP contribution is -2.35. The molecule has 2 aromatic rings. The van der Waals surface area contributed by atoms with E-state index in [2.05, 4.69) is 13.8 Å². The third-order valence-electron chi connectivity index (χ3n) is 5.80. The lowest BCUT2D eigenvalue weighted by molar-refractivity contribution is -0.137. The van der Waals surface area contributed by atoms with Crippen LogP contribution in [0.1, 0.15) is 31.4 Å². The first-order valence-electron chi connectivity index (χ1n) is 11.3. The monoisotopic (exact) mass is 461 g/mol. The predicted molar refractivity (Wildman–Crippen MR) is 128 cm³/mol. The first-order valence-corrected chi connectivity index (χ1v) is 11.3. The fraction of sp³-hybridized carbons (Fsp3) is 0.286. The molecular formula is C28H28FNO4. The number of esters is 1. The number of carbonyl (C=O) groups excluding carboxylic acids is 2. The van der Waals surface area contributed by atoms with Crippen molar-refractivity contribution in [3.63, 3.8) is 0 Å². The number of carbonyl (C=O) groups is 2. The van der Waals surface area contributed by atoms with Gasteiger partial charge in [-0.05, 0) is 46.4 Å². The summed E-state index contributed by atoms with van der Waals surface area (Å²) in [6.07, 6.45) is 3.06. The molecule has 0 radical (unpaired) electrons. The Balaban J connectivity index is 1.81. The Morgan fingerprint density at radius 2 is 1.82 bits per heavy atom. The minimum absolute atomic E-state index is 0.0459. The second-order valence-corrected chi connectivity index (χ2v) is 8.86. The third-order valence-corrected chi connectivity index (χ3v) is 5.80. The van der Waals surface area contributed by atoms with Gasteiger partial charge in [-0.3, -0.25) is 4.79 Å². The number of allylic oxidation sites excluding steroid dienone is 3. The maximum absolute atomic E-state index is 13.7. The van der Waals surface area contributed by atoms with E-state index < -0.39 is 12.1 Å². The zero-order valence-electron chi connectivity index (χ0n) is 19.6. The Kier molecular flexibility index (Phi) is 7.08. The van der Waals surface area contributed by atoms with Gasteiger partial charge in [0.25, 0.3) is 0 Å². The summed E-state index contributed by atoms with van der Waals surface area (Å²) >= 11 is 0. The van der Waals surface area contributed by atoms with Gasteiger partial charge in [0.2, 0.25) is 0 Å². The number of Topliss-reactive ketones (excluding diaryl/α,β-unsaturated/α-hetero) is 1. The molecule has 2 aliphatic rings. The fourth-order valence-corrected chi connectivity index (χ4v) is 4.28. The molecule has 0 spiro atoms. The molecule has 0 N–H and O–H groups in total. The second-order valence-electron chi connectivity index (χ2n) is 8.86. The van der Waals surface area contributed by atoms with Crippen molar-refractivity contribution >= 4 is 17.3 Å². The van der Waals surface area contributed by atoms with Crippen LogP contribution in [0.3, 0.4) is 0 Å². The summed E-state index contributed by atoms with van der Waals surface area (Å²) in [5, 5.41) is 0. The van der Waals surface area contributed by atoms with Crippen LogP contribution in [0.5, 0.6) is 0 Å². The molecule has 5 nitrogen and oxygen atoms in total. The zero-order valence-corrected chi connectivity index (χ0v) is 19.6. The van der Waals surface area contributed by atoms with Gasteiger partial charge in [0.05, 0.1) is 13.7 Å². The van der Waals surface area contributed by atoms with E-state index in [0.717, 1.165) is 16.7 Å². The van der Waals surface area contributed by atoms with Crippen molar-refractivity contribution in [2.45, 2.75) is 33.0 Å². The van der Waals surface area contributed by atoms with E-state index in [1.165, 1.54) is 19.2 Å². The summed E-state index contributed by atoms with van der Waals surface area (Å²) in [6, 6.07) is 15.6. The highest BCUT2D eigenvalue weighted by Crippen LogP contribution is 2.42. The highest BCUT2D eigenvalue weighted by molar-refractivity contribution is 6.06. The average molecular weight is 462 g/mol. The smallest absolute Gasteiger partial charge is 0.355 e. The van der Waals surface area contributed by atoms with Gasteiger partial charge < -0.3 is 14.4 Å². The summed E-state index contributed by atoms with van der Waals surface area (Å²) in [5.74, 6) is -0.658. The van der Waals surface area contributed by atoms with E-state index in [-0.39, 0.29) is 23.9 Å². The van der Waals surface area contributed by atoms with Crippen LogP contribution < -0.4 is 0 Å². The van der Waals surface area contributed by atoms with Gasteiger partial charge in [-0.15, -0.1) is 0 Å². The van der Waals surface area contributed by atoms with E-state index in [1.54, 1.807) is 18.2 Å². The number of fused-ring (bicyclic) bond motifs is 1. The Hall–Kier alpha value is -3.51. The van der Waals surface area contributed by atoms with E-state index in [9.17, 15) is 14.0 Å². The fourth-order valence-electron chi connectivity index (χ4n) is 4.28. The summed E-state index contributed by atoms with van der Waals surface area (Å²) in [6.45, 7) is 4.96. The minimum atomic E-state index is -0.752. The molecule has 34 heavy (non-hydrogen) atoms. The van der Waals surface area contributed by atoms with Crippen LogP contribution in [0.4, 0.5) is 4.39 Å². The molecule has 0 saturated carbocycles. The van der Waals surface area contributed by atoms with Crippen LogP contribution in [0, 0.1) is 11.7 Å². The minimum Gasteiger partial charge on any atom is -0.464 e. The molecule has 1 aliphatic carbocycles. The molecule has 1 atom stereocenters. The number of rotatable bonds is 7. The Morgan fingerprint density at radius 1 is 1.12 bits per heavy atom. The molecule has 1 unspecified atom stereocenters. The largest absolute Gasteiger partial charge is 0.464 e. The molecule has 0 saturated heterocycles. The first-order chi connectivity index (χ1) is 16.4. The second kappa shape index (κ2) is 10.2. The van der Waals surface area contributed by atoms with E-state index in [4.69, 9.17) is 9.47 Å². The molecule has 6 heteroatoms. The van der Waals surface area contributed by atoms with E-state index in [0.29, 0.717) is 30.0 Å². The predicted octanol–water partition coefficient (Wildman–Crippen LogP) is 5.05. The van der Waals surface area contributed by atoms with Crippen LogP contribution in [0.15, 0.2) is 83.7 Å². The number of methoxy groups -OCH3 is 1. The van der Waals surface area contributed by atoms with Crippen LogP contribution >= 0.6 is 0 Å². The van der Waals surface area contributed by atoms with Crippen molar-refractivity contribution in [3.05, 3.63) is 101 Å². The van der Waals surface area contributed by atoms with Crippen molar-refractivity contribution in [2.24, 2.45) is 5.92 Å². The van der Waals surface area contributed by atoms with Crippen molar-refractivity contribution in [1.29, 1.82) is 0 Å². The topological polar surface area (TPSA) is 55.8 Å². The van der Waals surface area contributed by atoms with E-state index in [1.807, 2.05) is 41.4 Å². The SMILES string of the molecule is COC(=O)C1=C(c2ccc(F)cc2)C2=CC(OCc3ccccc3)C(=O)CC2=CN1CC(C)C. The van der Waals surface area contributed by atoms with Crippen LogP contribution in [-0.2, 0) is 25.7 Å². The number of halogens is 1. The number of hydrogen-bond acceptors (Lipinski definition) is 5. The third kappa shape index (κ3) is 5.02. The average Bonchev–Trinajstić information content (AvgIpc) is 2.82. The number of ketones is 1. The summed E-state index contributed by atoms with van der Waals surface area (Å²) < 4.78 is 24.8. The molecule has 0 aromatic heterocycles. The van der Waals surface area contributed by atoms with Gasteiger partial charge >= 0.3 is 5.97 Å². The first kappa shape index (κ1) is 23.6.